The molecule has 1 aromatic heterocycles. The van der Waals surface area contributed by atoms with E-state index in [9.17, 15) is 13.2 Å². The van der Waals surface area contributed by atoms with Crippen molar-refractivity contribution in [3.05, 3.63) is 48.2 Å². The van der Waals surface area contributed by atoms with E-state index in [4.69, 9.17) is 5.73 Å². The average molecular weight is 306 g/mol. The van der Waals surface area contributed by atoms with Crippen LogP contribution in [0.15, 0.2) is 47.5 Å². The number of pyridine rings is 1. The van der Waals surface area contributed by atoms with E-state index in [1.165, 1.54) is 49.6 Å². The molecule has 0 fully saturated rings. The minimum absolute atomic E-state index is 0.0481. The van der Waals surface area contributed by atoms with E-state index in [0.717, 1.165) is 0 Å². The van der Waals surface area contributed by atoms with E-state index in [1.54, 1.807) is 0 Å². The maximum Gasteiger partial charge on any atom is 0.261 e. The Bertz CT molecular complexity index is 740. The Hall–Kier alpha value is -2.61. The highest BCUT2D eigenvalue weighted by Crippen LogP contribution is 2.16. The summed E-state index contributed by atoms with van der Waals surface area (Å²) in [5.41, 5.74) is 6.12. The number of hydrogen-bond acceptors (Lipinski definition) is 5. The lowest BCUT2D eigenvalue weighted by molar-refractivity contribution is 0.0963. The Labute approximate surface area is 122 Å². The summed E-state index contributed by atoms with van der Waals surface area (Å²) < 4.78 is 26.7. The lowest BCUT2D eigenvalue weighted by Gasteiger charge is -2.08. The number of sulfonamides is 1. The molecular weight excluding hydrogens is 292 g/mol. The SMILES string of the molecule is CNC(=O)c1ccc(S(=O)(=O)Nc2ccc(N)nc2)cc1. The van der Waals surface area contributed by atoms with Gasteiger partial charge in [0.25, 0.3) is 15.9 Å². The highest BCUT2D eigenvalue weighted by Gasteiger charge is 2.15. The predicted molar refractivity (Wildman–Crippen MR) is 79.3 cm³/mol. The number of benzene rings is 1. The van der Waals surface area contributed by atoms with Gasteiger partial charge in [0.05, 0.1) is 16.8 Å². The molecule has 8 heteroatoms. The van der Waals surface area contributed by atoms with Gasteiger partial charge >= 0.3 is 0 Å². The van der Waals surface area contributed by atoms with Crippen LogP contribution in [0.3, 0.4) is 0 Å². The van der Waals surface area contributed by atoms with Gasteiger partial charge in [-0.15, -0.1) is 0 Å². The molecule has 0 saturated carbocycles. The Balaban J connectivity index is 2.23. The molecule has 4 N–H and O–H groups in total. The first-order chi connectivity index (χ1) is 9.92. The molecule has 7 nitrogen and oxygen atoms in total. The van der Waals surface area contributed by atoms with E-state index in [1.807, 2.05) is 0 Å². The Morgan fingerprint density at radius 2 is 1.81 bits per heavy atom. The zero-order valence-electron chi connectivity index (χ0n) is 11.2. The maximum atomic E-state index is 12.2. The number of amides is 1. The van der Waals surface area contributed by atoms with Gasteiger partial charge in [0.15, 0.2) is 0 Å². The van der Waals surface area contributed by atoms with Gasteiger partial charge in [0, 0.05) is 12.6 Å². The molecule has 0 aliphatic heterocycles. The summed E-state index contributed by atoms with van der Waals surface area (Å²) in [4.78, 5) is 15.3. The van der Waals surface area contributed by atoms with Crippen molar-refractivity contribution in [2.45, 2.75) is 4.90 Å². The van der Waals surface area contributed by atoms with Crippen LogP contribution in [0, 0.1) is 0 Å². The van der Waals surface area contributed by atoms with Crippen molar-refractivity contribution < 1.29 is 13.2 Å². The Kier molecular flexibility index (Phi) is 4.08. The minimum Gasteiger partial charge on any atom is -0.384 e. The van der Waals surface area contributed by atoms with Crippen LogP contribution in [0.1, 0.15) is 10.4 Å². The summed E-state index contributed by atoms with van der Waals surface area (Å²) in [6.45, 7) is 0. The highest BCUT2D eigenvalue weighted by molar-refractivity contribution is 7.92. The largest absolute Gasteiger partial charge is 0.384 e. The molecule has 21 heavy (non-hydrogen) atoms. The summed E-state index contributed by atoms with van der Waals surface area (Å²) in [5.74, 6) is 0.0162. The van der Waals surface area contributed by atoms with E-state index in [-0.39, 0.29) is 10.8 Å². The molecule has 2 aromatic rings. The van der Waals surface area contributed by atoms with Crippen molar-refractivity contribution in [1.29, 1.82) is 0 Å². The number of anilines is 2. The first-order valence-corrected chi connectivity index (χ1v) is 7.47. The second-order valence-electron chi connectivity index (χ2n) is 4.18. The van der Waals surface area contributed by atoms with Crippen LogP contribution in [0.25, 0.3) is 0 Å². The van der Waals surface area contributed by atoms with Crippen molar-refractivity contribution in [3.8, 4) is 0 Å². The van der Waals surface area contributed by atoms with Gasteiger partial charge in [-0.1, -0.05) is 0 Å². The quantitative estimate of drug-likeness (QED) is 0.774. The van der Waals surface area contributed by atoms with Crippen molar-refractivity contribution in [1.82, 2.24) is 10.3 Å². The lowest BCUT2D eigenvalue weighted by atomic mass is 10.2. The van der Waals surface area contributed by atoms with Crippen molar-refractivity contribution in [2.24, 2.45) is 0 Å². The standard InChI is InChI=1S/C13H14N4O3S/c1-15-13(18)9-2-5-11(6-3-9)21(19,20)17-10-4-7-12(14)16-8-10/h2-8,17H,1H3,(H2,14,16)(H,15,18). The van der Waals surface area contributed by atoms with E-state index in [2.05, 4.69) is 15.0 Å². The fourth-order valence-electron chi connectivity index (χ4n) is 1.61. The second kappa shape index (κ2) is 5.80. The van der Waals surface area contributed by atoms with Crippen LogP contribution >= 0.6 is 0 Å². The maximum absolute atomic E-state index is 12.2. The number of nitrogen functional groups attached to an aromatic ring is 1. The van der Waals surface area contributed by atoms with E-state index < -0.39 is 10.0 Å². The molecule has 1 amide bonds. The summed E-state index contributed by atoms with van der Waals surface area (Å²) in [5, 5.41) is 2.46. The number of carbonyl (C=O) groups is 1. The molecule has 0 radical (unpaired) electrons. The van der Waals surface area contributed by atoms with Gasteiger partial charge in [0.2, 0.25) is 0 Å². The number of nitrogens with two attached hydrogens (primary N) is 1. The topological polar surface area (TPSA) is 114 Å². The summed E-state index contributed by atoms with van der Waals surface area (Å²) in [6, 6.07) is 8.60. The first-order valence-electron chi connectivity index (χ1n) is 5.99. The third-order valence-corrected chi connectivity index (χ3v) is 4.09. The van der Waals surface area contributed by atoms with Crippen LogP contribution in [0.5, 0.6) is 0 Å². The fraction of sp³-hybridized carbons (Fsp3) is 0.0769. The molecular formula is C13H14N4O3S. The number of nitrogens with one attached hydrogen (secondary N) is 2. The molecule has 0 saturated heterocycles. The molecule has 0 aliphatic carbocycles. The Morgan fingerprint density at radius 3 is 2.33 bits per heavy atom. The number of nitrogens with zero attached hydrogens (tertiary/aromatic N) is 1. The van der Waals surface area contributed by atoms with Crippen LogP contribution in [-0.4, -0.2) is 26.4 Å². The molecule has 0 aliphatic rings. The molecule has 1 heterocycles. The average Bonchev–Trinajstić information content (AvgIpc) is 2.49. The van der Waals surface area contributed by atoms with Crippen LogP contribution < -0.4 is 15.8 Å². The first kappa shape index (κ1) is 14.8. The molecule has 0 unspecified atom stereocenters. The van der Waals surface area contributed by atoms with E-state index >= 15 is 0 Å². The lowest BCUT2D eigenvalue weighted by Crippen LogP contribution is -2.18. The van der Waals surface area contributed by atoms with E-state index in [0.29, 0.717) is 17.1 Å². The smallest absolute Gasteiger partial charge is 0.261 e. The molecule has 0 atom stereocenters. The summed E-state index contributed by atoms with van der Waals surface area (Å²) in [7, 11) is -2.24. The summed E-state index contributed by atoms with van der Waals surface area (Å²) >= 11 is 0. The monoisotopic (exact) mass is 306 g/mol. The third-order valence-electron chi connectivity index (χ3n) is 2.69. The Morgan fingerprint density at radius 1 is 1.14 bits per heavy atom. The number of hydrogen-bond donors (Lipinski definition) is 3. The molecule has 0 spiro atoms. The van der Waals surface area contributed by atoms with Gasteiger partial charge < -0.3 is 11.1 Å². The molecule has 0 bridgehead atoms. The van der Waals surface area contributed by atoms with Crippen molar-refractivity contribution in [2.75, 3.05) is 17.5 Å². The van der Waals surface area contributed by atoms with Gasteiger partial charge in [0.1, 0.15) is 5.82 Å². The second-order valence-corrected chi connectivity index (χ2v) is 5.86. The van der Waals surface area contributed by atoms with Crippen molar-refractivity contribution >= 4 is 27.4 Å². The zero-order valence-corrected chi connectivity index (χ0v) is 12.0. The highest BCUT2D eigenvalue weighted by atomic mass is 32.2. The van der Waals surface area contributed by atoms with Crippen LogP contribution in [0.4, 0.5) is 11.5 Å². The van der Waals surface area contributed by atoms with Gasteiger partial charge in [-0.25, -0.2) is 13.4 Å². The van der Waals surface area contributed by atoms with Gasteiger partial charge in [-0.3, -0.25) is 9.52 Å². The molecule has 1 aromatic carbocycles. The number of aromatic nitrogens is 1. The number of rotatable bonds is 4. The van der Waals surface area contributed by atoms with Gasteiger partial charge in [-0.05, 0) is 36.4 Å². The normalized spacial score (nSPS) is 10.9. The number of carbonyl (C=O) groups excluding carboxylic acids is 1. The van der Waals surface area contributed by atoms with Gasteiger partial charge in [-0.2, -0.15) is 0 Å². The third kappa shape index (κ3) is 3.48. The van der Waals surface area contributed by atoms with Crippen LogP contribution in [-0.2, 0) is 10.0 Å². The predicted octanol–water partition coefficient (Wildman–Crippen LogP) is 0.824. The van der Waals surface area contributed by atoms with Crippen molar-refractivity contribution in [3.63, 3.8) is 0 Å². The van der Waals surface area contributed by atoms with Crippen LogP contribution in [0.2, 0.25) is 0 Å². The minimum atomic E-state index is -3.74. The fourth-order valence-corrected chi connectivity index (χ4v) is 2.65. The molecule has 2 rings (SSSR count). The molecule has 110 valence electrons. The summed E-state index contributed by atoms with van der Waals surface area (Å²) in [6.07, 6.45) is 1.33. The zero-order chi connectivity index (χ0) is 15.5.